The molecular formula is C17H22N4O4. The van der Waals surface area contributed by atoms with Gasteiger partial charge in [-0.05, 0) is 31.6 Å². The number of aromatic nitrogens is 2. The SMILES string of the molecule is O=C(CN1C(=O)CCC1=O)N1CCCC(Cc2nc(C3CC3)no2)C1. The van der Waals surface area contributed by atoms with Gasteiger partial charge in [0.15, 0.2) is 5.82 Å². The topological polar surface area (TPSA) is 96.6 Å². The summed E-state index contributed by atoms with van der Waals surface area (Å²) in [5, 5.41) is 4.03. The number of piperidine rings is 1. The number of amides is 3. The van der Waals surface area contributed by atoms with Gasteiger partial charge in [0.2, 0.25) is 23.6 Å². The highest BCUT2D eigenvalue weighted by atomic mass is 16.5. The number of carbonyl (C=O) groups excluding carboxylic acids is 3. The quantitative estimate of drug-likeness (QED) is 0.734. The van der Waals surface area contributed by atoms with Gasteiger partial charge < -0.3 is 9.42 Å². The molecule has 0 radical (unpaired) electrons. The molecule has 8 heteroatoms. The highest BCUT2D eigenvalue weighted by Crippen LogP contribution is 2.38. The number of imide groups is 1. The summed E-state index contributed by atoms with van der Waals surface area (Å²) in [6, 6.07) is 0. The van der Waals surface area contributed by atoms with Gasteiger partial charge in [-0.3, -0.25) is 19.3 Å². The van der Waals surface area contributed by atoms with Crippen molar-refractivity contribution >= 4 is 17.7 Å². The second kappa shape index (κ2) is 6.57. The van der Waals surface area contributed by atoms with Crippen LogP contribution in [0.15, 0.2) is 4.52 Å². The van der Waals surface area contributed by atoms with Crippen LogP contribution in [0.5, 0.6) is 0 Å². The lowest BCUT2D eigenvalue weighted by Gasteiger charge is -2.33. The van der Waals surface area contributed by atoms with Crippen LogP contribution in [0.2, 0.25) is 0 Å². The van der Waals surface area contributed by atoms with E-state index in [-0.39, 0.29) is 43.0 Å². The summed E-state index contributed by atoms with van der Waals surface area (Å²) in [5.41, 5.74) is 0. The van der Waals surface area contributed by atoms with Crippen LogP contribution >= 0.6 is 0 Å². The molecule has 1 unspecified atom stereocenters. The minimum atomic E-state index is -0.245. The largest absolute Gasteiger partial charge is 0.341 e. The van der Waals surface area contributed by atoms with Crippen LogP contribution < -0.4 is 0 Å². The molecule has 3 heterocycles. The van der Waals surface area contributed by atoms with E-state index >= 15 is 0 Å². The van der Waals surface area contributed by atoms with E-state index in [9.17, 15) is 14.4 Å². The van der Waals surface area contributed by atoms with Crippen molar-refractivity contribution in [2.75, 3.05) is 19.6 Å². The molecule has 3 aliphatic rings. The lowest BCUT2D eigenvalue weighted by molar-refractivity contribution is -0.146. The number of hydrogen-bond donors (Lipinski definition) is 0. The molecule has 0 N–H and O–H groups in total. The van der Waals surface area contributed by atoms with Gasteiger partial charge in [0.05, 0.1) is 0 Å². The first-order valence-corrected chi connectivity index (χ1v) is 9.03. The average Bonchev–Trinajstić information content (AvgIpc) is 3.29. The Morgan fingerprint density at radius 3 is 2.64 bits per heavy atom. The average molecular weight is 346 g/mol. The third-order valence-corrected chi connectivity index (χ3v) is 5.21. The fraction of sp³-hybridized carbons (Fsp3) is 0.706. The number of hydrogen-bond acceptors (Lipinski definition) is 6. The number of likely N-dealkylation sites (tertiary alicyclic amines) is 2. The van der Waals surface area contributed by atoms with Crippen LogP contribution in [0.1, 0.15) is 56.2 Å². The predicted molar refractivity (Wildman–Crippen MR) is 85.2 cm³/mol. The van der Waals surface area contributed by atoms with Crippen LogP contribution in [0.3, 0.4) is 0 Å². The predicted octanol–water partition coefficient (Wildman–Crippen LogP) is 0.877. The lowest BCUT2D eigenvalue weighted by Crippen LogP contribution is -2.46. The van der Waals surface area contributed by atoms with Crippen molar-refractivity contribution in [3.8, 4) is 0 Å². The van der Waals surface area contributed by atoms with E-state index in [1.165, 1.54) is 0 Å². The van der Waals surface area contributed by atoms with Gasteiger partial charge in [0, 0.05) is 38.3 Å². The lowest BCUT2D eigenvalue weighted by atomic mass is 9.94. The standard InChI is InChI=1S/C17H22N4O4/c22-14-5-6-15(23)21(14)10-16(24)20-7-1-2-11(9-20)8-13-18-17(19-25-13)12-3-4-12/h11-12H,1-10H2. The van der Waals surface area contributed by atoms with E-state index in [0.29, 0.717) is 31.3 Å². The van der Waals surface area contributed by atoms with Gasteiger partial charge in [-0.15, -0.1) is 0 Å². The van der Waals surface area contributed by atoms with Crippen LogP contribution in [-0.2, 0) is 20.8 Å². The van der Waals surface area contributed by atoms with Crippen molar-refractivity contribution in [1.29, 1.82) is 0 Å². The summed E-state index contributed by atoms with van der Waals surface area (Å²) in [4.78, 5) is 43.1. The first kappa shape index (κ1) is 16.2. The molecular weight excluding hydrogens is 324 g/mol. The summed E-state index contributed by atoms with van der Waals surface area (Å²) in [7, 11) is 0. The van der Waals surface area contributed by atoms with E-state index in [2.05, 4.69) is 10.1 Å². The molecule has 2 aliphatic heterocycles. The van der Waals surface area contributed by atoms with Crippen LogP contribution in [0.25, 0.3) is 0 Å². The number of nitrogens with zero attached hydrogens (tertiary/aromatic N) is 4. The molecule has 4 rings (SSSR count). The normalized spacial score (nSPS) is 24.2. The molecule has 1 aromatic heterocycles. The zero-order valence-corrected chi connectivity index (χ0v) is 14.1. The highest BCUT2D eigenvalue weighted by molar-refractivity contribution is 6.04. The number of rotatable bonds is 5. The minimum Gasteiger partial charge on any atom is -0.341 e. The minimum absolute atomic E-state index is 0.128. The fourth-order valence-electron chi connectivity index (χ4n) is 3.60. The summed E-state index contributed by atoms with van der Waals surface area (Å²) in [6.45, 7) is 1.15. The zero-order chi connectivity index (χ0) is 17.4. The zero-order valence-electron chi connectivity index (χ0n) is 14.1. The Morgan fingerprint density at radius 1 is 1.16 bits per heavy atom. The fourth-order valence-corrected chi connectivity index (χ4v) is 3.60. The number of carbonyl (C=O) groups is 3. The van der Waals surface area contributed by atoms with Gasteiger partial charge in [-0.2, -0.15) is 4.98 Å². The molecule has 0 aromatic carbocycles. The molecule has 1 atom stereocenters. The van der Waals surface area contributed by atoms with Crippen molar-refractivity contribution in [2.24, 2.45) is 5.92 Å². The monoisotopic (exact) mass is 346 g/mol. The Hall–Kier alpha value is -2.25. The Bertz CT molecular complexity index is 681. The van der Waals surface area contributed by atoms with E-state index in [4.69, 9.17) is 4.52 Å². The molecule has 134 valence electrons. The summed E-state index contributed by atoms with van der Waals surface area (Å²) < 4.78 is 5.34. The maximum absolute atomic E-state index is 12.5. The second-order valence-electron chi connectivity index (χ2n) is 7.25. The van der Waals surface area contributed by atoms with E-state index in [1.807, 2.05) is 0 Å². The highest BCUT2D eigenvalue weighted by Gasteiger charge is 2.34. The molecule has 25 heavy (non-hydrogen) atoms. The van der Waals surface area contributed by atoms with Gasteiger partial charge in [0.1, 0.15) is 6.54 Å². The third-order valence-electron chi connectivity index (χ3n) is 5.21. The van der Waals surface area contributed by atoms with Crippen LogP contribution in [0.4, 0.5) is 0 Å². The molecule has 2 saturated heterocycles. The Labute approximate surface area is 145 Å². The molecule has 0 bridgehead atoms. The molecule has 0 spiro atoms. The molecule has 1 aromatic rings. The van der Waals surface area contributed by atoms with Crippen molar-refractivity contribution in [3.05, 3.63) is 11.7 Å². The van der Waals surface area contributed by atoms with Crippen molar-refractivity contribution in [3.63, 3.8) is 0 Å². The maximum Gasteiger partial charge on any atom is 0.242 e. The maximum atomic E-state index is 12.5. The molecule has 8 nitrogen and oxygen atoms in total. The molecule has 1 saturated carbocycles. The second-order valence-corrected chi connectivity index (χ2v) is 7.25. The van der Waals surface area contributed by atoms with Crippen molar-refractivity contribution < 1.29 is 18.9 Å². The summed E-state index contributed by atoms with van der Waals surface area (Å²) in [5.74, 6) is 1.55. The first-order valence-electron chi connectivity index (χ1n) is 9.03. The van der Waals surface area contributed by atoms with Gasteiger partial charge >= 0.3 is 0 Å². The van der Waals surface area contributed by atoms with Crippen molar-refractivity contribution in [1.82, 2.24) is 19.9 Å². The molecule has 3 amide bonds. The van der Waals surface area contributed by atoms with Gasteiger partial charge in [-0.1, -0.05) is 5.16 Å². The van der Waals surface area contributed by atoms with Crippen LogP contribution in [-0.4, -0.2) is 57.3 Å². The van der Waals surface area contributed by atoms with Crippen LogP contribution in [0, 0.1) is 5.92 Å². The Balaban J connectivity index is 1.32. The summed E-state index contributed by atoms with van der Waals surface area (Å²) >= 11 is 0. The summed E-state index contributed by atoms with van der Waals surface area (Å²) in [6.07, 6.45) is 5.29. The Morgan fingerprint density at radius 2 is 1.92 bits per heavy atom. The van der Waals surface area contributed by atoms with Gasteiger partial charge in [0.25, 0.3) is 0 Å². The van der Waals surface area contributed by atoms with E-state index < -0.39 is 0 Å². The van der Waals surface area contributed by atoms with Crippen molar-refractivity contribution in [2.45, 2.75) is 50.9 Å². The van der Waals surface area contributed by atoms with Gasteiger partial charge in [-0.25, -0.2) is 0 Å². The molecule has 1 aliphatic carbocycles. The van der Waals surface area contributed by atoms with E-state index in [1.54, 1.807) is 4.90 Å². The smallest absolute Gasteiger partial charge is 0.242 e. The Kier molecular flexibility index (Phi) is 4.27. The molecule has 3 fully saturated rings. The third kappa shape index (κ3) is 3.57. The first-order chi connectivity index (χ1) is 12.1. The van der Waals surface area contributed by atoms with E-state index in [0.717, 1.165) is 36.4 Å².